The molecule has 0 aromatic heterocycles. The fraction of sp³-hybridized carbons (Fsp3) is 0.0714. The van der Waals surface area contributed by atoms with Crippen LogP contribution in [0.5, 0.6) is 0 Å². The summed E-state index contributed by atoms with van der Waals surface area (Å²) in [6.45, 7) is 2.40. The lowest BCUT2D eigenvalue weighted by Crippen LogP contribution is -2.26. The minimum Gasteiger partial charge on any atom is -0.313 e. The quantitative estimate of drug-likeness (QED) is 0.173. The van der Waals surface area contributed by atoms with Crippen LogP contribution in [0, 0.1) is 0 Å². The molecule has 1 heterocycles. The van der Waals surface area contributed by atoms with Crippen molar-refractivity contribution in [3.05, 3.63) is 246 Å². The summed E-state index contributed by atoms with van der Waals surface area (Å²) in [6, 6.07) is 72.2. The second kappa shape index (κ2) is 12.4. The van der Waals surface area contributed by atoms with E-state index in [2.05, 4.69) is 229 Å². The van der Waals surface area contributed by atoms with E-state index < -0.39 is 5.41 Å². The smallest absolute Gasteiger partial charge is 0.0726 e. The number of hydrogen-bond donors (Lipinski definition) is 0. The molecular weight excluding hydrogens is 701 g/mol. The predicted molar refractivity (Wildman–Crippen MR) is 241 cm³/mol. The van der Waals surface area contributed by atoms with E-state index in [0.29, 0.717) is 0 Å². The second-order valence-corrected chi connectivity index (χ2v) is 16.3. The van der Waals surface area contributed by atoms with Crippen molar-refractivity contribution in [2.24, 2.45) is 0 Å². The molecule has 1 spiro atoms. The van der Waals surface area contributed by atoms with Crippen LogP contribution in [0.15, 0.2) is 218 Å². The molecule has 1 atom stereocenters. The van der Waals surface area contributed by atoms with Crippen molar-refractivity contribution < 1.29 is 0 Å². The average Bonchev–Trinajstić information content (AvgIpc) is 3.86. The molecule has 1 aliphatic heterocycles. The van der Waals surface area contributed by atoms with Gasteiger partial charge < -0.3 is 9.80 Å². The molecule has 1 unspecified atom stereocenters. The topological polar surface area (TPSA) is 6.48 Å². The highest BCUT2D eigenvalue weighted by Gasteiger charge is 2.52. The standard InChI is InChI=1S/C56H40N2/c1-55-35-15-14-26-54(55)58(40-18-6-3-7-19-40)53-37-43(32-34-51(53)55)57(41-29-27-39(28-30-41)38-16-4-2-5-17-38)42-31-33-47-46-22-10-13-25-50(46)56(52(47)36-42)48-23-11-8-20-44(48)45-21-9-12-24-49(45)56/h2-34,36-37H,35H2,1H3. The van der Waals surface area contributed by atoms with Gasteiger partial charge in [-0.1, -0.05) is 158 Å². The van der Waals surface area contributed by atoms with Crippen molar-refractivity contribution in [2.75, 3.05) is 9.80 Å². The van der Waals surface area contributed by atoms with Crippen LogP contribution in [-0.2, 0) is 10.8 Å². The number of benzene rings is 8. The molecule has 0 N–H and O–H groups in total. The Labute approximate surface area is 340 Å². The highest BCUT2D eigenvalue weighted by Crippen LogP contribution is 2.63. The van der Waals surface area contributed by atoms with Crippen molar-refractivity contribution in [1.29, 1.82) is 0 Å². The van der Waals surface area contributed by atoms with Crippen LogP contribution in [-0.4, -0.2) is 0 Å². The number of hydrogen-bond acceptors (Lipinski definition) is 2. The molecule has 4 aliphatic rings. The maximum atomic E-state index is 2.50. The molecule has 2 heteroatoms. The molecule has 0 bridgehead atoms. The normalized spacial score (nSPS) is 17.2. The van der Waals surface area contributed by atoms with Crippen LogP contribution >= 0.6 is 0 Å². The molecule has 0 saturated carbocycles. The second-order valence-electron chi connectivity index (χ2n) is 16.3. The van der Waals surface area contributed by atoms with E-state index in [9.17, 15) is 0 Å². The molecule has 274 valence electrons. The Hall–Kier alpha value is -7.16. The van der Waals surface area contributed by atoms with Gasteiger partial charge in [0.1, 0.15) is 0 Å². The van der Waals surface area contributed by atoms with Crippen molar-refractivity contribution in [2.45, 2.75) is 24.2 Å². The lowest BCUT2D eigenvalue weighted by Gasteiger charge is -2.32. The van der Waals surface area contributed by atoms with Crippen molar-refractivity contribution in [1.82, 2.24) is 0 Å². The van der Waals surface area contributed by atoms with Crippen LogP contribution in [0.2, 0.25) is 0 Å². The fourth-order valence-corrected chi connectivity index (χ4v) is 10.7. The molecule has 3 aliphatic carbocycles. The molecule has 12 rings (SSSR count). The van der Waals surface area contributed by atoms with Crippen molar-refractivity contribution in [3.8, 4) is 33.4 Å². The Bertz CT molecular complexity index is 2930. The summed E-state index contributed by atoms with van der Waals surface area (Å²) in [4.78, 5) is 4.96. The summed E-state index contributed by atoms with van der Waals surface area (Å²) in [5.74, 6) is 0. The number of anilines is 5. The zero-order valence-electron chi connectivity index (χ0n) is 32.3. The predicted octanol–water partition coefficient (Wildman–Crippen LogP) is 14.4. The van der Waals surface area contributed by atoms with Gasteiger partial charge in [0.15, 0.2) is 0 Å². The molecule has 0 radical (unpaired) electrons. The van der Waals surface area contributed by atoms with Gasteiger partial charge in [-0.05, 0) is 129 Å². The van der Waals surface area contributed by atoms with Gasteiger partial charge in [-0.25, -0.2) is 0 Å². The van der Waals surface area contributed by atoms with E-state index in [4.69, 9.17) is 0 Å². The highest BCUT2D eigenvalue weighted by atomic mass is 15.2. The molecule has 8 aromatic rings. The maximum absolute atomic E-state index is 2.50. The summed E-state index contributed by atoms with van der Waals surface area (Å²) >= 11 is 0. The SMILES string of the molecule is CC12CC=CC=C1N(c1ccccc1)c1cc(N(c3ccc(-c4ccccc4)cc3)c3ccc4c(c3)C3(c5ccccc5-c5ccccc53)c3ccccc3-4)ccc12. The van der Waals surface area contributed by atoms with E-state index >= 15 is 0 Å². The summed E-state index contributed by atoms with van der Waals surface area (Å²) in [6.07, 6.45) is 7.81. The van der Waals surface area contributed by atoms with E-state index in [0.717, 1.165) is 23.5 Å². The van der Waals surface area contributed by atoms with Crippen molar-refractivity contribution in [3.63, 3.8) is 0 Å². The van der Waals surface area contributed by atoms with Gasteiger partial charge in [0.25, 0.3) is 0 Å². The average molecular weight is 741 g/mol. The van der Waals surface area contributed by atoms with E-state index in [1.165, 1.54) is 78.3 Å². The van der Waals surface area contributed by atoms with Gasteiger partial charge in [-0.2, -0.15) is 0 Å². The van der Waals surface area contributed by atoms with Crippen LogP contribution in [0.25, 0.3) is 33.4 Å². The van der Waals surface area contributed by atoms with Crippen molar-refractivity contribution >= 4 is 28.4 Å². The molecule has 0 fully saturated rings. The molecule has 0 amide bonds. The molecule has 0 saturated heterocycles. The first-order valence-corrected chi connectivity index (χ1v) is 20.4. The largest absolute Gasteiger partial charge is 0.313 e. The minimum absolute atomic E-state index is 0.115. The van der Waals surface area contributed by atoms with Crippen LogP contribution in [0.3, 0.4) is 0 Å². The third-order valence-electron chi connectivity index (χ3n) is 13.3. The van der Waals surface area contributed by atoms with Gasteiger partial charge in [0, 0.05) is 33.9 Å². The Morgan fingerprint density at radius 1 is 0.448 bits per heavy atom. The third kappa shape index (κ3) is 4.49. The highest BCUT2D eigenvalue weighted by molar-refractivity contribution is 5.97. The number of rotatable bonds is 5. The van der Waals surface area contributed by atoms with Gasteiger partial charge in [0.2, 0.25) is 0 Å². The van der Waals surface area contributed by atoms with Crippen LogP contribution in [0.4, 0.5) is 28.4 Å². The fourth-order valence-electron chi connectivity index (χ4n) is 10.7. The molecule has 2 nitrogen and oxygen atoms in total. The summed E-state index contributed by atoms with van der Waals surface area (Å²) in [5, 5.41) is 0. The van der Waals surface area contributed by atoms with Gasteiger partial charge in [-0.3, -0.25) is 0 Å². The molecular formula is C56H40N2. The zero-order valence-corrected chi connectivity index (χ0v) is 32.3. The zero-order chi connectivity index (χ0) is 38.4. The number of fused-ring (bicyclic) bond motifs is 13. The van der Waals surface area contributed by atoms with Gasteiger partial charge in [0.05, 0.1) is 11.1 Å². The maximum Gasteiger partial charge on any atom is 0.0726 e. The Kier molecular flexibility index (Phi) is 7.07. The Balaban J connectivity index is 1.09. The number of nitrogens with zero attached hydrogens (tertiary/aromatic N) is 2. The molecule has 8 aromatic carbocycles. The van der Waals surface area contributed by atoms with Crippen LogP contribution in [0.1, 0.15) is 41.2 Å². The minimum atomic E-state index is -0.427. The Morgan fingerprint density at radius 2 is 0.966 bits per heavy atom. The lowest BCUT2D eigenvalue weighted by atomic mass is 9.70. The van der Waals surface area contributed by atoms with Gasteiger partial charge in [-0.15, -0.1) is 0 Å². The first kappa shape index (κ1) is 33.0. The van der Waals surface area contributed by atoms with E-state index in [1.54, 1.807) is 0 Å². The number of para-hydroxylation sites is 1. The third-order valence-corrected chi connectivity index (χ3v) is 13.3. The van der Waals surface area contributed by atoms with E-state index in [-0.39, 0.29) is 5.41 Å². The summed E-state index contributed by atoms with van der Waals surface area (Å²) in [5.41, 5.74) is 21.0. The first-order chi connectivity index (χ1) is 28.6. The molecule has 58 heavy (non-hydrogen) atoms. The van der Waals surface area contributed by atoms with Gasteiger partial charge >= 0.3 is 0 Å². The summed E-state index contributed by atoms with van der Waals surface area (Å²) < 4.78 is 0. The Morgan fingerprint density at radius 3 is 1.62 bits per heavy atom. The first-order valence-electron chi connectivity index (χ1n) is 20.4. The van der Waals surface area contributed by atoms with Crippen LogP contribution < -0.4 is 9.80 Å². The number of allylic oxidation sites excluding steroid dienone is 4. The van der Waals surface area contributed by atoms with E-state index in [1.807, 2.05) is 0 Å². The monoisotopic (exact) mass is 740 g/mol. The summed E-state index contributed by atoms with van der Waals surface area (Å²) in [7, 11) is 0. The lowest BCUT2D eigenvalue weighted by molar-refractivity contribution is 0.577.